The predicted molar refractivity (Wildman–Crippen MR) is 67.2 cm³/mol. The van der Waals surface area contributed by atoms with Crippen LogP contribution in [0.4, 0.5) is 0 Å². The molecule has 0 aliphatic heterocycles. The number of aromatic nitrogens is 2. The van der Waals surface area contributed by atoms with E-state index in [-0.39, 0.29) is 11.5 Å². The van der Waals surface area contributed by atoms with Crippen molar-refractivity contribution in [2.24, 2.45) is 11.1 Å². The molecule has 0 spiro atoms. The average Bonchev–Trinajstić information content (AvgIpc) is 2.18. The molecule has 0 saturated carbocycles. The minimum Gasteiger partial charge on any atom is -0.327 e. The van der Waals surface area contributed by atoms with Crippen molar-refractivity contribution in [1.82, 2.24) is 9.97 Å². The van der Waals surface area contributed by atoms with E-state index in [1.54, 1.807) is 0 Å². The van der Waals surface area contributed by atoms with Gasteiger partial charge in [-0.1, -0.05) is 27.7 Å². The van der Waals surface area contributed by atoms with Gasteiger partial charge < -0.3 is 5.73 Å². The Labute approximate surface area is 98.5 Å². The molecule has 90 valence electrons. The number of nitrogens with zero attached hydrogens (tertiary/aromatic N) is 2. The van der Waals surface area contributed by atoms with Crippen molar-refractivity contribution < 1.29 is 0 Å². The first-order valence-electron chi connectivity index (χ1n) is 5.96. The first kappa shape index (κ1) is 13.1. The summed E-state index contributed by atoms with van der Waals surface area (Å²) in [5, 5.41) is 0. The summed E-state index contributed by atoms with van der Waals surface area (Å²) in [4.78, 5) is 8.77. The standard InChI is InChI=1S/C13H23N3/c1-5-11(14)6-10-8-15-12(16-9-10)7-13(2,3)4/h8-9,11H,5-7,14H2,1-4H3. The molecule has 1 unspecified atom stereocenters. The Morgan fingerprint density at radius 1 is 1.25 bits per heavy atom. The summed E-state index contributed by atoms with van der Waals surface area (Å²) < 4.78 is 0. The molecule has 1 aromatic rings. The normalized spacial score (nSPS) is 13.8. The van der Waals surface area contributed by atoms with Crippen LogP contribution in [0.5, 0.6) is 0 Å². The first-order chi connectivity index (χ1) is 7.40. The molecule has 0 aliphatic carbocycles. The molecule has 3 nitrogen and oxygen atoms in total. The van der Waals surface area contributed by atoms with Crippen LogP contribution in [0, 0.1) is 5.41 Å². The van der Waals surface area contributed by atoms with E-state index in [0.29, 0.717) is 0 Å². The Morgan fingerprint density at radius 2 is 1.81 bits per heavy atom. The van der Waals surface area contributed by atoms with Crippen LogP contribution < -0.4 is 5.73 Å². The van der Waals surface area contributed by atoms with E-state index < -0.39 is 0 Å². The van der Waals surface area contributed by atoms with Crippen LogP contribution in [0.15, 0.2) is 12.4 Å². The maximum absolute atomic E-state index is 5.89. The van der Waals surface area contributed by atoms with Gasteiger partial charge in [0.1, 0.15) is 5.82 Å². The number of rotatable bonds is 4. The fourth-order valence-corrected chi connectivity index (χ4v) is 1.50. The molecule has 0 amide bonds. The summed E-state index contributed by atoms with van der Waals surface area (Å²) in [7, 11) is 0. The van der Waals surface area contributed by atoms with Crippen LogP contribution >= 0.6 is 0 Å². The lowest BCUT2D eigenvalue weighted by Gasteiger charge is -2.16. The number of hydrogen-bond donors (Lipinski definition) is 1. The van der Waals surface area contributed by atoms with Crippen LogP contribution in [0.25, 0.3) is 0 Å². The fraction of sp³-hybridized carbons (Fsp3) is 0.692. The van der Waals surface area contributed by atoms with Crippen molar-refractivity contribution in [3.8, 4) is 0 Å². The summed E-state index contributed by atoms with van der Waals surface area (Å²) in [6.45, 7) is 8.67. The Hall–Kier alpha value is -0.960. The monoisotopic (exact) mass is 221 g/mol. The molecular weight excluding hydrogens is 198 g/mol. The van der Waals surface area contributed by atoms with Gasteiger partial charge in [-0.3, -0.25) is 0 Å². The second kappa shape index (κ2) is 5.39. The van der Waals surface area contributed by atoms with E-state index in [1.165, 1.54) is 0 Å². The van der Waals surface area contributed by atoms with Gasteiger partial charge in [0, 0.05) is 24.9 Å². The van der Waals surface area contributed by atoms with Crippen LogP contribution in [0.3, 0.4) is 0 Å². The van der Waals surface area contributed by atoms with Crippen LogP contribution in [0.2, 0.25) is 0 Å². The second-order valence-corrected chi connectivity index (χ2v) is 5.62. The Bertz CT molecular complexity index is 311. The average molecular weight is 221 g/mol. The molecule has 0 bridgehead atoms. The number of nitrogens with two attached hydrogens (primary N) is 1. The molecule has 0 fully saturated rings. The Morgan fingerprint density at radius 3 is 2.25 bits per heavy atom. The molecule has 1 heterocycles. The molecule has 0 radical (unpaired) electrons. The topological polar surface area (TPSA) is 51.8 Å². The third-order valence-electron chi connectivity index (χ3n) is 2.47. The quantitative estimate of drug-likeness (QED) is 0.849. The highest BCUT2D eigenvalue weighted by Gasteiger charge is 2.13. The molecule has 0 aliphatic rings. The van der Waals surface area contributed by atoms with Crippen molar-refractivity contribution in [1.29, 1.82) is 0 Å². The van der Waals surface area contributed by atoms with Crippen molar-refractivity contribution in [3.05, 3.63) is 23.8 Å². The third-order valence-corrected chi connectivity index (χ3v) is 2.47. The molecule has 1 rings (SSSR count). The van der Waals surface area contributed by atoms with Gasteiger partial charge in [0.25, 0.3) is 0 Å². The van der Waals surface area contributed by atoms with Gasteiger partial charge in [0.05, 0.1) is 0 Å². The van der Waals surface area contributed by atoms with E-state index >= 15 is 0 Å². The van der Waals surface area contributed by atoms with Gasteiger partial charge in [0.15, 0.2) is 0 Å². The molecule has 3 heteroatoms. The third kappa shape index (κ3) is 4.71. The van der Waals surface area contributed by atoms with Crippen molar-refractivity contribution in [3.63, 3.8) is 0 Å². The van der Waals surface area contributed by atoms with E-state index in [1.807, 2.05) is 12.4 Å². The highest BCUT2D eigenvalue weighted by molar-refractivity contribution is 5.07. The molecule has 2 N–H and O–H groups in total. The summed E-state index contributed by atoms with van der Waals surface area (Å²) in [6.07, 6.45) is 6.58. The highest BCUT2D eigenvalue weighted by Crippen LogP contribution is 2.17. The molecule has 1 aromatic heterocycles. The van der Waals surface area contributed by atoms with E-state index in [4.69, 9.17) is 5.73 Å². The lowest BCUT2D eigenvalue weighted by Crippen LogP contribution is -2.21. The Balaban J connectivity index is 2.61. The zero-order valence-corrected chi connectivity index (χ0v) is 10.8. The summed E-state index contributed by atoms with van der Waals surface area (Å²) >= 11 is 0. The van der Waals surface area contributed by atoms with Crippen LogP contribution in [-0.4, -0.2) is 16.0 Å². The lowest BCUT2D eigenvalue weighted by atomic mass is 9.92. The summed E-state index contributed by atoms with van der Waals surface area (Å²) in [5.74, 6) is 0.918. The van der Waals surface area contributed by atoms with Crippen LogP contribution in [0.1, 0.15) is 45.5 Å². The SMILES string of the molecule is CCC(N)Cc1cnc(CC(C)(C)C)nc1. The smallest absolute Gasteiger partial charge is 0.128 e. The molecule has 0 aromatic carbocycles. The van der Waals surface area contributed by atoms with Gasteiger partial charge in [-0.15, -0.1) is 0 Å². The minimum atomic E-state index is 0.220. The summed E-state index contributed by atoms with van der Waals surface area (Å²) in [5.41, 5.74) is 7.26. The predicted octanol–water partition coefficient (Wildman–Crippen LogP) is 2.35. The van der Waals surface area contributed by atoms with Crippen molar-refractivity contribution >= 4 is 0 Å². The first-order valence-corrected chi connectivity index (χ1v) is 5.96. The highest BCUT2D eigenvalue weighted by atomic mass is 14.9. The summed E-state index contributed by atoms with van der Waals surface area (Å²) in [6, 6.07) is 0.220. The van der Waals surface area contributed by atoms with E-state index in [2.05, 4.69) is 37.7 Å². The fourth-order valence-electron chi connectivity index (χ4n) is 1.50. The Kier molecular flexibility index (Phi) is 4.42. The number of hydrogen-bond acceptors (Lipinski definition) is 3. The maximum atomic E-state index is 5.89. The van der Waals surface area contributed by atoms with Gasteiger partial charge in [-0.2, -0.15) is 0 Å². The van der Waals surface area contributed by atoms with Gasteiger partial charge in [0.2, 0.25) is 0 Å². The van der Waals surface area contributed by atoms with Gasteiger partial charge >= 0.3 is 0 Å². The molecule has 1 atom stereocenters. The van der Waals surface area contributed by atoms with E-state index in [9.17, 15) is 0 Å². The van der Waals surface area contributed by atoms with E-state index in [0.717, 1.165) is 30.7 Å². The molecule has 16 heavy (non-hydrogen) atoms. The van der Waals surface area contributed by atoms with Crippen molar-refractivity contribution in [2.75, 3.05) is 0 Å². The van der Waals surface area contributed by atoms with Gasteiger partial charge in [-0.25, -0.2) is 9.97 Å². The maximum Gasteiger partial charge on any atom is 0.128 e. The zero-order valence-electron chi connectivity index (χ0n) is 10.8. The van der Waals surface area contributed by atoms with Crippen molar-refractivity contribution in [2.45, 2.75) is 53.0 Å². The minimum absolute atomic E-state index is 0.220. The second-order valence-electron chi connectivity index (χ2n) is 5.62. The molecular formula is C13H23N3. The van der Waals surface area contributed by atoms with Gasteiger partial charge in [-0.05, 0) is 23.8 Å². The molecule has 0 saturated heterocycles. The zero-order chi connectivity index (χ0) is 12.2. The van der Waals surface area contributed by atoms with Crippen LogP contribution in [-0.2, 0) is 12.8 Å². The lowest BCUT2D eigenvalue weighted by molar-refractivity contribution is 0.400. The largest absolute Gasteiger partial charge is 0.327 e.